The van der Waals surface area contributed by atoms with Crippen molar-refractivity contribution in [1.29, 1.82) is 0 Å². The van der Waals surface area contributed by atoms with Crippen molar-refractivity contribution >= 4 is 33.2 Å². The minimum atomic E-state index is -0.0288. The first kappa shape index (κ1) is 11.4. The quantitative estimate of drug-likeness (QED) is 0.640. The van der Waals surface area contributed by atoms with Crippen molar-refractivity contribution < 1.29 is 4.74 Å². The number of hydrogen-bond donors (Lipinski definition) is 0. The molecule has 5 heteroatoms. The maximum absolute atomic E-state index is 11.3. The highest BCUT2D eigenvalue weighted by atomic mass is 35.5. The van der Waals surface area contributed by atoms with Crippen LogP contribution in [-0.4, -0.2) is 12.1 Å². The van der Waals surface area contributed by atoms with Crippen LogP contribution in [0.25, 0.3) is 20.8 Å². The first-order valence-electron chi connectivity index (χ1n) is 5.26. The molecule has 3 nitrogen and oxygen atoms in total. The van der Waals surface area contributed by atoms with E-state index in [1.54, 1.807) is 25.3 Å². The van der Waals surface area contributed by atoms with Crippen molar-refractivity contribution in [3.63, 3.8) is 0 Å². The maximum atomic E-state index is 11.3. The van der Waals surface area contributed by atoms with Gasteiger partial charge in [-0.05, 0) is 24.3 Å². The molecule has 0 saturated heterocycles. The summed E-state index contributed by atoms with van der Waals surface area (Å²) in [5.74, 6) is 0.611. The Morgan fingerprint density at radius 1 is 1.28 bits per heavy atom. The Kier molecular flexibility index (Phi) is 2.69. The van der Waals surface area contributed by atoms with Crippen LogP contribution in [0, 0.1) is 0 Å². The lowest BCUT2D eigenvalue weighted by atomic mass is 10.2. The molecule has 3 rings (SSSR count). The molecular formula is C13H8ClNO2S. The van der Waals surface area contributed by atoms with E-state index in [2.05, 4.69) is 4.98 Å². The summed E-state index contributed by atoms with van der Waals surface area (Å²) in [6, 6.07) is 8.46. The summed E-state index contributed by atoms with van der Waals surface area (Å²) in [7, 11) is 1.57. The molecule has 0 fully saturated rings. The van der Waals surface area contributed by atoms with Crippen molar-refractivity contribution in [2.75, 3.05) is 7.11 Å². The van der Waals surface area contributed by atoms with Crippen LogP contribution in [0.2, 0.25) is 5.02 Å². The fraction of sp³-hybridized carbons (Fsp3) is 0.0769. The highest BCUT2D eigenvalue weighted by molar-refractivity contribution is 7.22. The molecule has 0 spiro atoms. The summed E-state index contributed by atoms with van der Waals surface area (Å²) >= 11 is 7.70. The predicted molar refractivity (Wildman–Crippen MR) is 74.1 cm³/mol. The van der Waals surface area contributed by atoms with E-state index < -0.39 is 0 Å². The number of ether oxygens (including phenoxy) is 1. The van der Waals surface area contributed by atoms with Gasteiger partial charge >= 0.3 is 0 Å². The average Bonchev–Trinajstić information content (AvgIpc) is 2.38. The van der Waals surface area contributed by atoms with Gasteiger partial charge in [0.2, 0.25) is 0 Å². The lowest BCUT2D eigenvalue weighted by Gasteiger charge is -2.08. The van der Waals surface area contributed by atoms with Gasteiger partial charge in [-0.1, -0.05) is 11.6 Å². The SMILES string of the molecule is COc1ccc2nc3ccc(=O)cc-3sc2c1Cl. The number of rotatable bonds is 1. The highest BCUT2D eigenvalue weighted by Crippen LogP contribution is 2.38. The third-order valence-electron chi connectivity index (χ3n) is 2.65. The van der Waals surface area contributed by atoms with E-state index in [0.29, 0.717) is 10.8 Å². The van der Waals surface area contributed by atoms with Gasteiger partial charge in [0.25, 0.3) is 0 Å². The Labute approximate surface area is 112 Å². The van der Waals surface area contributed by atoms with E-state index in [1.807, 2.05) is 6.07 Å². The number of benzene rings is 2. The predicted octanol–water partition coefficient (Wildman–Crippen LogP) is 3.42. The van der Waals surface area contributed by atoms with E-state index in [0.717, 1.165) is 20.8 Å². The van der Waals surface area contributed by atoms with Gasteiger partial charge < -0.3 is 4.74 Å². The zero-order chi connectivity index (χ0) is 12.7. The van der Waals surface area contributed by atoms with Crippen molar-refractivity contribution in [2.24, 2.45) is 0 Å². The van der Waals surface area contributed by atoms with E-state index in [-0.39, 0.29) is 5.43 Å². The second-order valence-corrected chi connectivity index (χ2v) is 5.20. The first-order chi connectivity index (χ1) is 8.69. The fourth-order valence-corrected chi connectivity index (χ4v) is 3.15. The van der Waals surface area contributed by atoms with E-state index >= 15 is 0 Å². The number of halogens is 1. The van der Waals surface area contributed by atoms with Gasteiger partial charge in [-0.15, -0.1) is 11.3 Å². The molecule has 18 heavy (non-hydrogen) atoms. The number of hydrogen-bond acceptors (Lipinski definition) is 4. The van der Waals surface area contributed by atoms with Crippen LogP contribution in [0.1, 0.15) is 0 Å². The van der Waals surface area contributed by atoms with Crippen LogP contribution >= 0.6 is 22.9 Å². The standard InChI is InChI=1S/C13H8ClNO2S/c1-17-10-5-4-9-13(12(10)14)18-11-6-7(16)2-3-8(11)15-9/h2-6H,1H3. The zero-order valence-electron chi connectivity index (χ0n) is 9.44. The van der Waals surface area contributed by atoms with Crippen molar-refractivity contribution in [3.05, 3.63) is 45.6 Å². The van der Waals surface area contributed by atoms with Gasteiger partial charge in [0.1, 0.15) is 10.8 Å². The summed E-state index contributed by atoms with van der Waals surface area (Å²) in [6.45, 7) is 0. The van der Waals surface area contributed by atoms with Crippen LogP contribution in [0.4, 0.5) is 0 Å². The van der Waals surface area contributed by atoms with Gasteiger partial charge in [0, 0.05) is 6.07 Å². The van der Waals surface area contributed by atoms with E-state index in [1.165, 1.54) is 17.4 Å². The monoisotopic (exact) mass is 277 g/mol. The molecular weight excluding hydrogens is 270 g/mol. The Balaban J connectivity index is 2.43. The molecule has 1 aliphatic heterocycles. The van der Waals surface area contributed by atoms with Crippen molar-refractivity contribution in [2.45, 2.75) is 0 Å². The Hall–Kier alpha value is -1.65. The van der Waals surface area contributed by atoms with Crippen LogP contribution in [0.5, 0.6) is 5.75 Å². The van der Waals surface area contributed by atoms with Gasteiger partial charge in [-0.3, -0.25) is 4.79 Å². The zero-order valence-corrected chi connectivity index (χ0v) is 11.0. The molecule has 0 N–H and O–H groups in total. The molecule has 0 radical (unpaired) electrons. The fourth-order valence-electron chi connectivity index (χ4n) is 1.78. The molecule has 1 aromatic rings. The Morgan fingerprint density at radius 3 is 2.89 bits per heavy atom. The Bertz CT molecular complexity index is 769. The lowest BCUT2D eigenvalue weighted by molar-refractivity contribution is 0.415. The highest BCUT2D eigenvalue weighted by Gasteiger charge is 2.12. The number of nitrogens with zero attached hydrogens (tertiary/aromatic N) is 1. The number of aromatic nitrogens is 1. The molecule has 0 amide bonds. The third kappa shape index (κ3) is 1.74. The lowest BCUT2D eigenvalue weighted by Crippen LogP contribution is -1.98. The molecule has 0 unspecified atom stereocenters. The second-order valence-electron chi connectivity index (χ2n) is 3.77. The van der Waals surface area contributed by atoms with Crippen LogP contribution in [0.3, 0.4) is 0 Å². The third-order valence-corrected chi connectivity index (χ3v) is 4.30. The molecule has 1 aliphatic carbocycles. The molecule has 0 aromatic heterocycles. The van der Waals surface area contributed by atoms with Gasteiger partial charge in [0.15, 0.2) is 5.43 Å². The molecule has 0 saturated carbocycles. The summed E-state index contributed by atoms with van der Waals surface area (Å²) in [4.78, 5) is 16.7. The average molecular weight is 278 g/mol. The summed E-state index contributed by atoms with van der Waals surface area (Å²) in [6.07, 6.45) is 0. The molecule has 90 valence electrons. The molecule has 1 aromatic carbocycles. The summed E-state index contributed by atoms with van der Waals surface area (Å²) in [5, 5.41) is 0.533. The topological polar surface area (TPSA) is 39.2 Å². The minimum Gasteiger partial charge on any atom is -0.495 e. The van der Waals surface area contributed by atoms with Gasteiger partial charge in [-0.2, -0.15) is 0 Å². The minimum absolute atomic E-state index is 0.0288. The normalized spacial score (nSPS) is 11.0. The van der Waals surface area contributed by atoms with Crippen LogP contribution < -0.4 is 10.2 Å². The number of methoxy groups -OCH3 is 1. The van der Waals surface area contributed by atoms with Crippen molar-refractivity contribution in [1.82, 2.24) is 4.98 Å². The van der Waals surface area contributed by atoms with Crippen LogP contribution in [-0.2, 0) is 0 Å². The first-order valence-corrected chi connectivity index (χ1v) is 6.45. The van der Waals surface area contributed by atoms with Crippen molar-refractivity contribution in [3.8, 4) is 16.3 Å². The second kappa shape index (κ2) is 4.23. The largest absolute Gasteiger partial charge is 0.495 e. The summed E-state index contributed by atoms with van der Waals surface area (Å²) in [5.41, 5.74) is 1.57. The smallest absolute Gasteiger partial charge is 0.180 e. The molecule has 0 atom stereocenters. The summed E-state index contributed by atoms with van der Waals surface area (Å²) < 4.78 is 6.00. The van der Waals surface area contributed by atoms with E-state index in [4.69, 9.17) is 16.3 Å². The van der Waals surface area contributed by atoms with Gasteiger partial charge in [-0.25, -0.2) is 4.98 Å². The maximum Gasteiger partial charge on any atom is 0.180 e. The molecule has 2 aliphatic rings. The molecule has 1 heterocycles. The van der Waals surface area contributed by atoms with E-state index in [9.17, 15) is 4.79 Å². The number of fused-ring (bicyclic) bond motifs is 2. The van der Waals surface area contributed by atoms with Gasteiger partial charge in [0.05, 0.1) is 27.9 Å². The van der Waals surface area contributed by atoms with Crippen LogP contribution in [0.15, 0.2) is 35.1 Å². The molecule has 0 bridgehead atoms. The Morgan fingerprint density at radius 2 is 2.11 bits per heavy atom.